The molecule has 112 valence electrons. The molecule has 20 heavy (non-hydrogen) atoms. The van der Waals surface area contributed by atoms with Crippen LogP contribution >= 0.6 is 11.3 Å². The van der Waals surface area contributed by atoms with E-state index < -0.39 is 6.10 Å². The van der Waals surface area contributed by atoms with Gasteiger partial charge < -0.3 is 15.3 Å². The number of oxime groups is 1. The molecule has 5 heteroatoms. The summed E-state index contributed by atoms with van der Waals surface area (Å²) in [6.07, 6.45) is 3.96. The standard InChI is InChI=1S/C15H24N2O2S/c1-11(2)16-9-12(18)10-19-17-14-5-3-4-6-15-13(14)7-8-20-15/h7-8,11-12,16,18H,3-6,9-10H2,1-2H3. The molecule has 0 spiro atoms. The van der Waals surface area contributed by atoms with E-state index in [2.05, 4.69) is 35.8 Å². The highest BCUT2D eigenvalue weighted by Crippen LogP contribution is 2.25. The number of aliphatic hydroxyl groups is 1. The van der Waals surface area contributed by atoms with Gasteiger partial charge >= 0.3 is 0 Å². The van der Waals surface area contributed by atoms with Gasteiger partial charge in [0.1, 0.15) is 12.7 Å². The summed E-state index contributed by atoms with van der Waals surface area (Å²) in [6.45, 7) is 4.88. The summed E-state index contributed by atoms with van der Waals surface area (Å²) < 4.78 is 0. The van der Waals surface area contributed by atoms with Crippen LogP contribution in [0.3, 0.4) is 0 Å². The zero-order valence-electron chi connectivity index (χ0n) is 12.3. The molecule has 0 radical (unpaired) electrons. The third-order valence-corrected chi connectivity index (χ3v) is 4.31. The average Bonchev–Trinajstić information content (AvgIpc) is 2.80. The number of nitrogens with one attached hydrogen (secondary N) is 1. The first kappa shape index (κ1) is 15.5. The zero-order valence-corrected chi connectivity index (χ0v) is 13.1. The van der Waals surface area contributed by atoms with Crippen LogP contribution in [0, 0.1) is 0 Å². The van der Waals surface area contributed by atoms with E-state index in [1.165, 1.54) is 16.9 Å². The average molecular weight is 296 g/mol. The second-order valence-electron chi connectivity index (χ2n) is 5.52. The van der Waals surface area contributed by atoms with Crippen LogP contribution in [0.4, 0.5) is 0 Å². The highest BCUT2D eigenvalue weighted by Gasteiger charge is 2.15. The lowest BCUT2D eigenvalue weighted by molar-refractivity contribution is 0.0392. The number of aliphatic hydroxyl groups excluding tert-OH is 1. The van der Waals surface area contributed by atoms with Crippen molar-refractivity contribution in [2.24, 2.45) is 5.16 Å². The third-order valence-electron chi connectivity index (χ3n) is 3.33. The minimum atomic E-state index is -0.519. The van der Waals surface area contributed by atoms with Crippen molar-refractivity contribution in [1.82, 2.24) is 5.32 Å². The number of nitrogens with zero attached hydrogens (tertiary/aromatic N) is 1. The SMILES string of the molecule is CC(C)NCC(O)CON=C1CCCCc2sccc21. The molecule has 4 nitrogen and oxygen atoms in total. The number of fused-ring (bicyclic) bond motifs is 1. The van der Waals surface area contributed by atoms with Crippen LogP contribution in [0.2, 0.25) is 0 Å². The van der Waals surface area contributed by atoms with E-state index in [9.17, 15) is 5.11 Å². The first-order chi connectivity index (χ1) is 9.66. The summed E-state index contributed by atoms with van der Waals surface area (Å²) in [5.74, 6) is 0. The Morgan fingerprint density at radius 1 is 1.40 bits per heavy atom. The van der Waals surface area contributed by atoms with Gasteiger partial charge in [0.25, 0.3) is 0 Å². The molecule has 1 aromatic rings. The number of aryl methyl sites for hydroxylation is 1. The molecule has 0 fully saturated rings. The third kappa shape index (κ3) is 4.58. The van der Waals surface area contributed by atoms with Crippen molar-refractivity contribution >= 4 is 17.0 Å². The second kappa shape index (κ2) is 7.76. The highest BCUT2D eigenvalue weighted by atomic mass is 32.1. The smallest absolute Gasteiger partial charge is 0.144 e. The Hall–Kier alpha value is -0.910. The van der Waals surface area contributed by atoms with Gasteiger partial charge in [-0.15, -0.1) is 11.3 Å². The quantitative estimate of drug-likeness (QED) is 0.626. The fourth-order valence-corrected chi connectivity index (χ4v) is 3.17. The molecule has 2 rings (SSSR count). The van der Waals surface area contributed by atoms with Gasteiger partial charge in [-0.2, -0.15) is 0 Å². The molecule has 1 aliphatic rings. The largest absolute Gasteiger partial charge is 0.393 e. The Bertz CT molecular complexity index is 443. The van der Waals surface area contributed by atoms with Gasteiger partial charge in [-0.05, 0) is 37.1 Å². The number of rotatable bonds is 6. The van der Waals surface area contributed by atoms with E-state index in [4.69, 9.17) is 4.84 Å². The summed E-state index contributed by atoms with van der Waals surface area (Å²) in [7, 11) is 0. The van der Waals surface area contributed by atoms with E-state index >= 15 is 0 Å². The number of hydrogen-bond acceptors (Lipinski definition) is 5. The van der Waals surface area contributed by atoms with Crippen LogP contribution in [0.25, 0.3) is 0 Å². The van der Waals surface area contributed by atoms with Gasteiger partial charge in [-0.3, -0.25) is 0 Å². The van der Waals surface area contributed by atoms with Gasteiger partial charge in [0.05, 0.1) is 5.71 Å². The lowest BCUT2D eigenvalue weighted by atomic mass is 10.1. The summed E-state index contributed by atoms with van der Waals surface area (Å²) in [5, 5.41) is 19.3. The molecular weight excluding hydrogens is 272 g/mol. The molecule has 0 saturated carbocycles. The van der Waals surface area contributed by atoms with Gasteiger partial charge in [0.15, 0.2) is 0 Å². The van der Waals surface area contributed by atoms with Crippen molar-refractivity contribution in [3.8, 4) is 0 Å². The molecule has 1 unspecified atom stereocenters. The molecule has 1 aliphatic carbocycles. The second-order valence-corrected chi connectivity index (χ2v) is 6.52. The lowest BCUT2D eigenvalue weighted by Crippen LogP contribution is -2.34. The minimum Gasteiger partial charge on any atom is -0.393 e. The van der Waals surface area contributed by atoms with Gasteiger partial charge in [-0.1, -0.05) is 19.0 Å². The molecule has 1 atom stereocenters. The Labute approximate surface area is 124 Å². The summed E-state index contributed by atoms with van der Waals surface area (Å²) in [6, 6.07) is 2.50. The molecule has 1 aromatic heterocycles. The van der Waals surface area contributed by atoms with Gasteiger partial charge in [0, 0.05) is 23.0 Å². The van der Waals surface area contributed by atoms with Crippen LogP contribution < -0.4 is 5.32 Å². The maximum Gasteiger partial charge on any atom is 0.144 e. The van der Waals surface area contributed by atoms with Gasteiger partial charge in [0.2, 0.25) is 0 Å². The summed E-state index contributed by atoms with van der Waals surface area (Å²) in [4.78, 5) is 6.76. The summed E-state index contributed by atoms with van der Waals surface area (Å²) in [5.41, 5.74) is 2.27. The Morgan fingerprint density at radius 2 is 2.20 bits per heavy atom. The number of thiophene rings is 1. The van der Waals surface area contributed by atoms with E-state index in [1.807, 2.05) is 0 Å². The number of hydrogen-bond donors (Lipinski definition) is 2. The fraction of sp³-hybridized carbons (Fsp3) is 0.667. The fourth-order valence-electron chi connectivity index (χ4n) is 2.23. The van der Waals surface area contributed by atoms with Crippen LogP contribution in [0.1, 0.15) is 43.6 Å². The Balaban J connectivity index is 1.85. The molecule has 0 aromatic carbocycles. The van der Waals surface area contributed by atoms with Crippen molar-refractivity contribution in [2.75, 3.05) is 13.2 Å². The van der Waals surface area contributed by atoms with Crippen LogP contribution in [-0.2, 0) is 11.3 Å². The van der Waals surface area contributed by atoms with E-state index in [0.29, 0.717) is 12.6 Å². The minimum absolute atomic E-state index is 0.239. The van der Waals surface area contributed by atoms with Crippen molar-refractivity contribution < 1.29 is 9.94 Å². The first-order valence-electron chi connectivity index (χ1n) is 7.34. The predicted octanol–water partition coefficient (Wildman–Crippen LogP) is 2.55. The maximum atomic E-state index is 9.78. The molecule has 0 saturated heterocycles. The monoisotopic (exact) mass is 296 g/mol. The zero-order chi connectivity index (χ0) is 14.4. The Kier molecular flexibility index (Phi) is 6.01. The van der Waals surface area contributed by atoms with Crippen LogP contribution in [-0.4, -0.2) is 36.1 Å². The van der Waals surface area contributed by atoms with Crippen LogP contribution in [0.5, 0.6) is 0 Å². The van der Waals surface area contributed by atoms with Gasteiger partial charge in [-0.25, -0.2) is 0 Å². The van der Waals surface area contributed by atoms with Crippen molar-refractivity contribution in [2.45, 2.75) is 51.7 Å². The first-order valence-corrected chi connectivity index (χ1v) is 8.22. The molecule has 0 aliphatic heterocycles. The predicted molar refractivity (Wildman–Crippen MR) is 83.5 cm³/mol. The summed E-state index contributed by atoms with van der Waals surface area (Å²) >= 11 is 1.80. The molecule has 0 amide bonds. The normalized spacial score (nSPS) is 18.9. The maximum absolute atomic E-state index is 9.78. The molecule has 2 N–H and O–H groups in total. The van der Waals surface area contributed by atoms with E-state index in [-0.39, 0.29) is 6.61 Å². The van der Waals surface area contributed by atoms with E-state index in [0.717, 1.165) is 25.0 Å². The van der Waals surface area contributed by atoms with Crippen molar-refractivity contribution in [1.29, 1.82) is 0 Å². The van der Waals surface area contributed by atoms with Crippen molar-refractivity contribution in [3.63, 3.8) is 0 Å². The molecular formula is C15H24N2O2S. The topological polar surface area (TPSA) is 53.8 Å². The van der Waals surface area contributed by atoms with Crippen LogP contribution in [0.15, 0.2) is 16.6 Å². The van der Waals surface area contributed by atoms with Crippen molar-refractivity contribution in [3.05, 3.63) is 21.9 Å². The molecule has 1 heterocycles. The lowest BCUT2D eigenvalue weighted by Gasteiger charge is -2.13. The highest BCUT2D eigenvalue weighted by molar-refractivity contribution is 7.10. The van der Waals surface area contributed by atoms with E-state index in [1.54, 1.807) is 11.3 Å². The Morgan fingerprint density at radius 3 is 3.00 bits per heavy atom. The molecule has 0 bridgehead atoms.